The van der Waals surface area contributed by atoms with Gasteiger partial charge in [-0.1, -0.05) is 6.07 Å². The van der Waals surface area contributed by atoms with Crippen LogP contribution in [0.15, 0.2) is 18.2 Å². The van der Waals surface area contributed by atoms with Gasteiger partial charge in [0.05, 0.1) is 23.2 Å². The maximum absolute atomic E-state index is 5.53. The first kappa shape index (κ1) is 11.0. The number of aromatic nitrogens is 2. The summed E-state index contributed by atoms with van der Waals surface area (Å²) in [5.41, 5.74) is 3.52. The van der Waals surface area contributed by atoms with Crippen LogP contribution in [0.2, 0.25) is 0 Å². The van der Waals surface area contributed by atoms with Gasteiger partial charge in [-0.25, -0.2) is 0 Å². The Morgan fingerprint density at radius 2 is 2.29 bits per heavy atom. The van der Waals surface area contributed by atoms with E-state index < -0.39 is 0 Å². The summed E-state index contributed by atoms with van der Waals surface area (Å²) in [5.74, 6) is 0. The van der Waals surface area contributed by atoms with E-state index in [0.717, 1.165) is 29.9 Å². The maximum atomic E-state index is 5.53. The van der Waals surface area contributed by atoms with Crippen LogP contribution in [-0.2, 0) is 10.3 Å². The van der Waals surface area contributed by atoms with Gasteiger partial charge in [0.15, 0.2) is 4.77 Å². The van der Waals surface area contributed by atoms with Crippen molar-refractivity contribution in [2.45, 2.75) is 25.8 Å². The van der Waals surface area contributed by atoms with Crippen molar-refractivity contribution in [1.82, 2.24) is 9.55 Å². The van der Waals surface area contributed by atoms with Crippen molar-refractivity contribution < 1.29 is 4.74 Å². The lowest BCUT2D eigenvalue weighted by atomic mass is 10.0. The van der Waals surface area contributed by atoms with Crippen molar-refractivity contribution >= 4 is 23.3 Å². The number of rotatable bonds is 1. The predicted octanol–water partition coefficient (Wildman–Crippen LogP) is 3.14. The third-order valence-electron chi connectivity index (χ3n) is 3.58. The van der Waals surface area contributed by atoms with Gasteiger partial charge in [0.1, 0.15) is 0 Å². The second-order valence-corrected chi connectivity index (χ2v) is 5.47. The van der Waals surface area contributed by atoms with E-state index in [0.29, 0.717) is 0 Å². The minimum atomic E-state index is -0.00933. The van der Waals surface area contributed by atoms with Crippen LogP contribution in [0.3, 0.4) is 0 Å². The summed E-state index contributed by atoms with van der Waals surface area (Å²) in [5, 5.41) is 0. The van der Waals surface area contributed by atoms with E-state index in [9.17, 15) is 0 Å². The van der Waals surface area contributed by atoms with Gasteiger partial charge in [-0.05, 0) is 50.2 Å². The number of imidazole rings is 1. The number of benzene rings is 1. The molecule has 90 valence electrons. The molecule has 0 spiro atoms. The van der Waals surface area contributed by atoms with E-state index >= 15 is 0 Å². The van der Waals surface area contributed by atoms with Crippen LogP contribution >= 0.6 is 12.2 Å². The molecule has 1 aromatic carbocycles. The van der Waals surface area contributed by atoms with Crippen molar-refractivity contribution in [2.75, 3.05) is 13.2 Å². The first-order chi connectivity index (χ1) is 8.10. The van der Waals surface area contributed by atoms with Crippen molar-refractivity contribution in [3.05, 3.63) is 28.5 Å². The zero-order valence-electron chi connectivity index (χ0n) is 10.1. The molecular formula is C13H16N2OS. The lowest BCUT2D eigenvalue weighted by Crippen LogP contribution is -2.30. The first-order valence-corrected chi connectivity index (χ1v) is 6.31. The Balaban J connectivity index is 2.29. The molecule has 1 aliphatic heterocycles. The number of aryl methyl sites for hydroxylation is 1. The van der Waals surface area contributed by atoms with E-state index in [1.54, 1.807) is 0 Å². The summed E-state index contributed by atoms with van der Waals surface area (Å²) in [6, 6.07) is 6.40. The highest BCUT2D eigenvalue weighted by Gasteiger charge is 2.33. The van der Waals surface area contributed by atoms with Crippen LogP contribution in [-0.4, -0.2) is 22.8 Å². The fraction of sp³-hybridized carbons (Fsp3) is 0.462. The molecule has 3 nitrogen and oxygen atoms in total. The summed E-state index contributed by atoms with van der Waals surface area (Å²) in [6.07, 6.45) is 1.02. The molecule has 1 fully saturated rings. The number of hydrogen-bond donors (Lipinski definition) is 1. The largest absolute Gasteiger partial charge is 0.379 e. The van der Waals surface area contributed by atoms with Gasteiger partial charge in [0.25, 0.3) is 0 Å². The molecule has 2 aromatic rings. The highest BCUT2D eigenvalue weighted by molar-refractivity contribution is 7.71. The summed E-state index contributed by atoms with van der Waals surface area (Å²) < 4.78 is 8.53. The molecule has 1 unspecified atom stereocenters. The fourth-order valence-electron chi connectivity index (χ4n) is 2.59. The fourth-order valence-corrected chi connectivity index (χ4v) is 3.02. The number of H-pyrrole nitrogens is 1. The minimum Gasteiger partial charge on any atom is -0.379 e. The summed E-state index contributed by atoms with van der Waals surface area (Å²) in [7, 11) is 0. The smallest absolute Gasteiger partial charge is 0.178 e. The Labute approximate surface area is 105 Å². The molecule has 0 bridgehead atoms. The number of nitrogens with one attached hydrogen (secondary N) is 1. The summed E-state index contributed by atoms with van der Waals surface area (Å²) in [4.78, 5) is 3.29. The molecule has 0 aliphatic carbocycles. The zero-order chi connectivity index (χ0) is 12.0. The Morgan fingerprint density at radius 3 is 3.00 bits per heavy atom. The monoisotopic (exact) mass is 248 g/mol. The second kappa shape index (κ2) is 3.68. The third-order valence-corrected chi connectivity index (χ3v) is 3.86. The lowest BCUT2D eigenvalue weighted by molar-refractivity contribution is 0.162. The van der Waals surface area contributed by atoms with Crippen molar-refractivity contribution in [2.24, 2.45) is 0 Å². The Bertz CT molecular complexity index is 620. The van der Waals surface area contributed by atoms with Crippen molar-refractivity contribution in [3.8, 4) is 0 Å². The molecular weight excluding hydrogens is 232 g/mol. The van der Waals surface area contributed by atoms with Gasteiger partial charge in [-0.15, -0.1) is 0 Å². The molecule has 0 amide bonds. The van der Waals surface area contributed by atoms with Crippen LogP contribution in [0.4, 0.5) is 0 Å². The quantitative estimate of drug-likeness (QED) is 0.786. The molecule has 0 saturated carbocycles. The topological polar surface area (TPSA) is 29.9 Å². The number of fused-ring (bicyclic) bond motifs is 1. The molecule has 1 atom stereocenters. The Hall–Kier alpha value is -1.13. The predicted molar refractivity (Wildman–Crippen MR) is 70.9 cm³/mol. The van der Waals surface area contributed by atoms with Crippen LogP contribution in [0.5, 0.6) is 0 Å². The molecule has 1 saturated heterocycles. The number of nitrogens with zero attached hydrogens (tertiary/aromatic N) is 1. The molecule has 2 heterocycles. The van der Waals surface area contributed by atoms with Gasteiger partial charge < -0.3 is 14.3 Å². The number of hydrogen-bond acceptors (Lipinski definition) is 2. The molecule has 3 rings (SSSR count). The average Bonchev–Trinajstić information content (AvgIpc) is 2.81. The zero-order valence-corrected chi connectivity index (χ0v) is 10.9. The second-order valence-electron chi connectivity index (χ2n) is 5.09. The van der Waals surface area contributed by atoms with Gasteiger partial charge in [-0.2, -0.15) is 0 Å². The number of aromatic amines is 1. The Morgan fingerprint density at radius 1 is 1.47 bits per heavy atom. The minimum absolute atomic E-state index is 0.00933. The van der Waals surface area contributed by atoms with Crippen LogP contribution in [0, 0.1) is 11.7 Å². The third kappa shape index (κ3) is 1.63. The molecule has 1 aliphatic rings. The molecule has 0 radical (unpaired) electrons. The summed E-state index contributed by atoms with van der Waals surface area (Å²) >= 11 is 5.46. The normalized spacial score (nSPS) is 24.6. The summed E-state index contributed by atoms with van der Waals surface area (Å²) in [6.45, 7) is 5.86. The SMILES string of the molecule is Cc1ccc2c(c1)[nH]c(=S)n2C1(C)CCOC1. The first-order valence-electron chi connectivity index (χ1n) is 5.90. The van der Waals surface area contributed by atoms with E-state index in [4.69, 9.17) is 17.0 Å². The van der Waals surface area contributed by atoms with Gasteiger partial charge in [0.2, 0.25) is 0 Å². The highest BCUT2D eigenvalue weighted by atomic mass is 32.1. The van der Waals surface area contributed by atoms with Crippen LogP contribution < -0.4 is 0 Å². The average molecular weight is 248 g/mol. The molecule has 1 aromatic heterocycles. The van der Waals surface area contributed by atoms with E-state index in [-0.39, 0.29) is 5.54 Å². The molecule has 17 heavy (non-hydrogen) atoms. The lowest BCUT2D eigenvalue weighted by Gasteiger charge is -2.24. The van der Waals surface area contributed by atoms with Crippen molar-refractivity contribution in [1.29, 1.82) is 0 Å². The number of ether oxygens (including phenoxy) is 1. The highest BCUT2D eigenvalue weighted by Crippen LogP contribution is 2.31. The Kier molecular flexibility index (Phi) is 2.38. The van der Waals surface area contributed by atoms with Gasteiger partial charge in [-0.3, -0.25) is 0 Å². The van der Waals surface area contributed by atoms with E-state index in [1.807, 2.05) is 0 Å². The van der Waals surface area contributed by atoms with Crippen LogP contribution in [0.1, 0.15) is 18.9 Å². The van der Waals surface area contributed by atoms with E-state index in [2.05, 4.69) is 41.6 Å². The van der Waals surface area contributed by atoms with Gasteiger partial charge >= 0.3 is 0 Å². The van der Waals surface area contributed by atoms with Crippen LogP contribution in [0.25, 0.3) is 11.0 Å². The molecule has 4 heteroatoms. The van der Waals surface area contributed by atoms with Gasteiger partial charge in [0, 0.05) is 6.61 Å². The van der Waals surface area contributed by atoms with Crippen molar-refractivity contribution in [3.63, 3.8) is 0 Å². The standard InChI is InChI=1S/C13H16N2OS/c1-9-3-4-11-10(7-9)14-12(17)15(11)13(2)5-6-16-8-13/h3-4,7H,5-6,8H2,1-2H3,(H,14,17). The van der Waals surface area contributed by atoms with E-state index in [1.165, 1.54) is 11.1 Å². The maximum Gasteiger partial charge on any atom is 0.178 e. The molecule has 1 N–H and O–H groups in total.